The molecule has 1 aliphatic rings. The van der Waals surface area contributed by atoms with Crippen LogP contribution in [0.25, 0.3) is 0 Å². The number of hydrogen-bond acceptors (Lipinski definition) is 5. The first-order chi connectivity index (χ1) is 15.0. The summed E-state index contributed by atoms with van der Waals surface area (Å²) in [5.74, 6) is 1.03. The van der Waals surface area contributed by atoms with Crippen molar-refractivity contribution in [3.63, 3.8) is 0 Å². The third-order valence-electron chi connectivity index (χ3n) is 5.37. The second-order valence-electron chi connectivity index (χ2n) is 7.77. The number of aromatic nitrogens is 1. The average Bonchev–Trinajstić information content (AvgIpc) is 3.42. The largest absolute Gasteiger partial charge is 0.375 e. The molecular weight excluding hydrogens is 410 g/mol. The molecule has 2 heterocycles. The third-order valence-corrected chi connectivity index (χ3v) is 6.42. The lowest BCUT2D eigenvalue weighted by atomic mass is 10.1. The van der Waals surface area contributed by atoms with Crippen molar-refractivity contribution in [3.8, 4) is 0 Å². The van der Waals surface area contributed by atoms with Crippen molar-refractivity contribution in [1.82, 2.24) is 20.1 Å². The molecule has 0 spiro atoms. The van der Waals surface area contributed by atoms with Crippen LogP contribution in [0.15, 0.2) is 34.6 Å². The maximum Gasteiger partial charge on any atom is 0.223 e. The summed E-state index contributed by atoms with van der Waals surface area (Å²) in [6, 6.07) is 8.27. The molecule has 168 valence electrons. The summed E-state index contributed by atoms with van der Waals surface area (Å²) in [5.41, 5.74) is 3.52. The second kappa shape index (κ2) is 11.2. The van der Waals surface area contributed by atoms with Gasteiger partial charge in [-0.3, -0.25) is 9.79 Å². The van der Waals surface area contributed by atoms with Crippen LogP contribution in [0, 0.1) is 0 Å². The molecule has 1 aromatic carbocycles. The normalized spacial score (nSPS) is 14.5. The third kappa shape index (κ3) is 6.27. The summed E-state index contributed by atoms with van der Waals surface area (Å²) in [5, 5.41) is 6.38. The predicted molar refractivity (Wildman–Crippen MR) is 125 cm³/mol. The summed E-state index contributed by atoms with van der Waals surface area (Å²) < 4.78 is 5.35. The number of amides is 1. The van der Waals surface area contributed by atoms with Crippen LogP contribution in [0.3, 0.4) is 0 Å². The molecule has 1 aliphatic heterocycles. The Morgan fingerprint density at radius 1 is 1.35 bits per heavy atom. The van der Waals surface area contributed by atoms with Crippen LogP contribution in [0.5, 0.6) is 0 Å². The summed E-state index contributed by atoms with van der Waals surface area (Å²) in [6.07, 6.45) is 1.26. The molecule has 31 heavy (non-hydrogen) atoms. The van der Waals surface area contributed by atoms with Gasteiger partial charge in [-0.1, -0.05) is 24.3 Å². The van der Waals surface area contributed by atoms with Gasteiger partial charge in [0, 0.05) is 52.1 Å². The maximum absolute atomic E-state index is 12.6. The molecule has 0 aliphatic carbocycles. The Morgan fingerprint density at radius 3 is 2.71 bits per heavy atom. The van der Waals surface area contributed by atoms with Crippen LogP contribution in [-0.2, 0) is 29.2 Å². The minimum Gasteiger partial charge on any atom is -0.375 e. The molecule has 1 N–H and O–H groups in total. The Kier molecular flexibility index (Phi) is 8.43. The van der Waals surface area contributed by atoms with Crippen molar-refractivity contribution in [3.05, 3.63) is 51.5 Å². The smallest absolute Gasteiger partial charge is 0.223 e. The van der Waals surface area contributed by atoms with Crippen LogP contribution in [0.4, 0.5) is 0 Å². The Morgan fingerprint density at radius 2 is 2.06 bits per heavy atom. The van der Waals surface area contributed by atoms with Gasteiger partial charge in [-0.25, -0.2) is 4.98 Å². The molecule has 0 saturated carbocycles. The summed E-state index contributed by atoms with van der Waals surface area (Å²) >= 11 is 1.62. The number of rotatable bonds is 9. The van der Waals surface area contributed by atoms with Gasteiger partial charge in [0.15, 0.2) is 5.96 Å². The van der Waals surface area contributed by atoms with Crippen molar-refractivity contribution in [2.75, 3.05) is 27.2 Å². The van der Waals surface area contributed by atoms with Gasteiger partial charge in [0.25, 0.3) is 0 Å². The molecule has 1 unspecified atom stereocenters. The number of nitrogens with zero attached hydrogens (tertiary/aromatic N) is 4. The van der Waals surface area contributed by atoms with Crippen LogP contribution >= 0.6 is 11.3 Å². The quantitative estimate of drug-likeness (QED) is 0.364. The first-order valence-corrected chi connectivity index (χ1v) is 11.7. The highest BCUT2D eigenvalue weighted by molar-refractivity contribution is 7.09. The Bertz CT molecular complexity index is 873. The molecule has 1 atom stereocenters. The molecular formula is C23H33N5O2S. The fraction of sp³-hybridized carbons (Fsp3) is 0.522. The average molecular weight is 444 g/mol. The van der Waals surface area contributed by atoms with Gasteiger partial charge < -0.3 is 19.9 Å². The number of ether oxygens (including phenoxy) is 1. The van der Waals surface area contributed by atoms with E-state index in [1.807, 2.05) is 31.0 Å². The molecule has 1 amide bonds. The van der Waals surface area contributed by atoms with Crippen LogP contribution in [0.2, 0.25) is 0 Å². The number of methoxy groups -OCH3 is 1. The zero-order valence-corrected chi connectivity index (χ0v) is 19.7. The number of hydrogen-bond donors (Lipinski definition) is 1. The summed E-state index contributed by atoms with van der Waals surface area (Å²) in [7, 11) is 3.70. The molecule has 0 fully saturated rings. The van der Waals surface area contributed by atoms with Crippen LogP contribution in [0.1, 0.15) is 54.6 Å². The number of fused-ring (bicyclic) bond motifs is 1. The van der Waals surface area contributed by atoms with E-state index < -0.39 is 0 Å². The summed E-state index contributed by atoms with van der Waals surface area (Å²) in [4.78, 5) is 26.0. The van der Waals surface area contributed by atoms with E-state index >= 15 is 0 Å². The molecule has 8 heteroatoms. The maximum atomic E-state index is 12.6. The molecule has 3 rings (SSSR count). The molecule has 0 bridgehead atoms. The van der Waals surface area contributed by atoms with E-state index in [-0.39, 0.29) is 12.0 Å². The van der Waals surface area contributed by atoms with Gasteiger partial charge in [-0.2, -0.15) is 0 Å². The van der Waals surface area contributed by atoms with Crippen LogP contribution < -0.4 is 5.32 Å². The topological polar surface area (TPSA) is 70.1 Å². The standard InChI is InChI=1S/C23H33N5O2S/c1-5-24-23(27(3)15-20-16-31-22(26-20)17(2)30-4)25-12-8-11-21(29)28-13-18-9-6-7-10-19(18)14-28/h6-7,9-10,16-17H,5,8,11-15H2,1-4H3,(H,24,25). The molecule has 2 aromatic rings. The van der Waals surface area contributed by atoms with E-state index in [1.165, 1.54) is 11.1 Å². The Hall–Kier alpha value is -2.45. The van der Waals surface area contributed by atoms with Crippen molar-refractivity contribution in [1.29, 1.82) is 0 Å². The molecule has 0 saturated heterocycles. The highest BCUT2D eigenvalue weighted by Crippen LogP contribution is 2.23. The van der Waals surface area contributed by atoms with Gasteiger partial charge in [0.2, 0.25) is 5.91 Å². The highest BCUT2D eigenvalue weighted by Gasteiger charge is 2.22. The minimum atomic E-state index is 0.00639. The van der Waals surface area contributed by atoms with Gasteiger partial charge in [0.1, 0.15) is 11.1 Å². The number of guanidine groups is 1. The van der Waals surface area contributed by atoms with Gasteiger partial charge in [0.05, 0.1) is 12.2 Å². The lowest BCUT2D eigenvalue weighted by Gasteiger charge is -2.21. The van der Waals surface area contributed by atoms with Crippen molar-refractivity contribution < 1.29 is 9.53 Å². The summed E-state index contributed by atoms with van der Waals surface area (Å²) in [6.45, 7) is 7.57. The SMILES string of the molecule is CCNC(=NCCCC(=O)N1Cc2ccccc2C1)N(C)Cc1csc(C(C)OC)n1. The van der Waals surface area contributed by atoms with Crippen molar-refractivity contribution >= 4 is 23.2 Å². The lowest BCUT2D eigenvalue weighted by Crippen LogP contribution is -2.38. The molecule has 1 aromatic heterocycles. The van der Waals surface area contributed by atoms with E-state index in [0.29, 0.717) is 19.5 Å². The Balaban J connectivity index is 1.48. The van der Waals surface area contributed by atoms with E-state index in [0.717, 1.165) is 42.7 Å². The monoisotopic (exact) mass is 443 g/mol. The first kappa shape index (κ1) is 23.2. The number of thiazole rings is 1. The van der Waals surface area contributed by atoms with Crippen LogP contribution in [-0.4, -0.2) is 53.9 Å². The van der Waals surface area contributed by atoms with Crippen molar-refractivity contribution in [2.45, 2.75) is 52.4 Å². The van der Waals surface area contributed by atoms with E-state index in [9.17, 15) is 4.79 Å². The Labute approximate surface area is 189 Å². The number of nitrogens with one attached hydrogen (secondary N) is 1. The van der Waals surface area contributed by atoms with Crippen molar-refractivity contribution in [2.24, 2.45) is 4.99 Å². The number of carbonyl (C=O) groups excluding carboxylic acids is 1. The first-order valence-electron chi connectivity index (χ1n) is 10.8. The highest BCUT2D eigenvalue weighted by atomic mass is 32.1. The van der Waals surface area contributed by atoms with E-state index in [2.05, 4.69) is 39.6 Å². The van der Waals surface area contributed by atoms with E-state index in [1.54, 1.807) is 18.4 Å². The molecule has 7 nitrogen and oxygen atoms in total. The lowest BCUT2D eigenvalue weighted by molar-refractivity contribution is -0.131. The number of benzene rings is 1. The minimum absolute atomic E-state index is 0.00639. The zero-order valence-electron chi connectivity index (χ0n) is 18.9. The second-order valence-corrected chi connectivity index (χ2v) is 8.66. The zero-order chi connectivity index (χ0) is 22.2. The van der Waals surface area contributed by atoms with Gasteiger partial charge in [-0.05, 0) is 31.4 Å². The number of aliphatic imine (C=N–C) groups is 1. The van der Waals surface area contributed by atoms with E-state index in [4.69, 9.17) is 9.73 Å². The fourth-order valence-corrected chi connectivity index (χ4v) is 4.40. The molecule has 0 radical (unpaired) electrons. The fourth-order valence-electron chi connectivity index (χ4n) is 3.55. The van der Waals surface area contributed by atoms with Gasteiger partial charge >= 0.3 is 0 Å². The number of carbonyl (C=O) groups is 1. The predicted octanol–water partition coefficient (Wildman–Crippen LogP) is 3.57. The van der Waals surface area contributed by atoms with Gasteiger partial charge in [-0.15, -0.1) is 11.3 Å².